The van der Waals surface area contributed by atoms with Crippen LogP contribution in [-0.2, 0) is 6.42 Å². The van der Waals surface area contributed by atoms with Crippen LogP contribution in [-0.4, -0.2) is 75.2 Å². The molecule has 2 unspecified atom stereocenters. The van der Waals surface area contributed by atoms with Gasteiger partial charge < -0.3 is 15.5 Å². The van der Waals surface area contributed by atoms with E-state index in [1.807, 2.05) is 0 Å². The second-order valence-corrected chi connectivity index (χ2v) is 8.29. The van der Waals surface area contributed by atoms with Crippen LogP contribution in [0.15, 0.2) is 65.7 Å². The summed E-state index contributed by atoms with van der Waals surface area (Å²) >= 11 is 0. The number of benzene rings is 2. The summed E-state index contributed by atoms with van der Waals surface area (Å²) in [6.45, 7) is 7.99. The van der Waals surface area contributed by atoms with Crippen LogP contribution in [0.4, 0.5) is 0 Å². The van der Waals surface area contributed by atoms with Crippen molar-refractivity contribution in [3.63, 3.8) is 0 Å². The SMILES string of the molecule is CCNC(=NCC(Cc1ccccc1)c1ccccc1)NCC1CN(C)CCN1C.I. The minimum Gasteiger partial charge on any atom is -0.357 e. The Hall–Kier alpha value is -1.64. The van der Waals surface area contributed by atoms with E-state index in [1.54, 1.807) is 0 Å². The molecule has 1 fully saturated rings. The monoisotopic (exact) mass is 535 g/mol. The first-order valence-corrected chi connectivity index (χ1v) is 11.2. The van der Waals surface area contributed by atoms with Gasteiger partial charge in [-0.15, -0.1) is 24.0 Å². The highest BCUT2D eigenvalue weighted by Crippen LogP contribution is 2.21. The fourth-order valence-electron chi connectivity index (χ4n) is 3.99. The number of nitrogens with zero attached hydrogens (tertiary/aromatic N) is 3. The Morgan fingerprint density at radius 1 is 1.00 bits per heavy atom. The molecule has 31 heavy (non-hydrogen) atoms. The minimum atomic E-state index is 0. The van der Waals surface area contributed by atoms with Gasteiger partial charge in [0.2, 0.25) is 0 Å². The van der Waals surface area contributed by atoms with E-state index >= 15 is 0 Å². The number of hydrogen-bond acceptors (Lipinski definition) is 3. The molecule has 3 rings (SSSR count). The van der Waals surface area contributed by atoms with Crippen molar-refractivity contribution in [2.45, 2.75) is 25.3 Å². The van der Waals surface area contributed by atoms with Crippen molar-refractivity contribution in [1.82, 2.24) is 20.4 Å². The van der Waals surface area contributed by atoms with E-state index in [9.17, 15) is 0 Å². The normalized spacial score (nSPS) is 18.8. The molecule has 1 saturated heterocycles. The highest BCUT2D eigenvalue weighted by atomic mass is 127. The lowest BCUT2D eigenvalue weighted by molar-refractivity contribution is 0.116. The Morgan fingerprint density at radius 3 is 2.35 bits per heavy atom. The number of rotatable bonds is 8. The maximum atomic E-state index is 4.98. The summed E-state index contributed by atoms with van der Waals surface area (Å²) < 4.78 is 0. The van der Waals surface area contributed by atoms with Crippen molar-refractivity contribution < 1.29 is 0 Å². The topological polar surface area (TPSA) is 42.9 Å². The second kappa shape index (κ2) is 13.7. The summed E-state index contributed by atoms with van der Waals surface area (Å²) in [5.41, 5.74) is 2.70. The summed E-state index contributed by atoms with van der Waals surface area (Å²) in [7, 11) is 4.42. The summed E-state index contributed by atoms with van der Waals surface area (Å²) in [6.07, 6.45) is 0.990. The highest BCUT2D eigenvalue weighted by molar-refractivity contribution is 14.0. The Bertz CT molecular complexity index is 768. The maximum Gasteiger partial charge on any atom is 0.191 e. The Labute approximate surface area is 205 Å². The van der Waals surface area contributed by atoms with Gasteiger partial charge in [0.15, 0.2) is 5.96 Å². The van der Waals surface area contributed by atoms with E-state index in [4.69, 9.17) is 4.99 Å². The van der Waals surface area contributed by atoms with Crippen molar-refractivity contribution in [1.29, 1.82) is 0 Å². The first-order chi connectivity index (χ1) is 14.7. The van der Waals surface area contributed by atoms with E-state index in [0.29, 0.717) is 12.0 Å². The van der Waals surface area contributed by atoms with Crippen LogP contribution >= 0.6 is 24.0 Å². The molecule has 170 valence electrons. The molecule has 0 amide bonds. The van der Waals surface area contributed by atoms with Gasteiger partial charge in [0.05, 0.1) is 0 Å². The van der Waals surface area contributed by atoms with Crippen LogP contribution in [0.2, 0.25) is 0 Å². The molecule has 0 radical (unpaired) electrons. The lowest BCUT2D eigenvalue weighted by Gasteiger charge is -2.38. The number of aliphatic imine (C=N–C) groups is 1. The van der Waals surface area contributed by atoms with E-state index in [1.165, 1.54) is 11.1 Å². The third-order valence-corrected chi connectivity index (χ3v) is 5.90. The quantitative estimate of drug-likeness (QED) is 0.309. The first-order valence-electron chi connectivity index (χ1n) is 11.2. The van der Waals surface area contributed by atoms with Crippen molar-refractivity contribution in [2.24, 2.45) is 4.99 Å². The van der Waals surface area contributed by atoms with Crippen LogP contribution in [0.5, 0.6) is 0 Å². The van der Waals surface area contributed by atoms with Gasteiger partial charge in [-0.05, 0) is 38.6 Å². The first kappa shape index (κ1) is 25.6. The zero-order valence-electron chi connectivity index (χ0n) is 19.1. The fourth-order valence-corrected chi connectivity index (χ4v) is 3.99. The van der Waals surface area contributed by atoms with Crippen molar-refractivity contribution in [3.8, 4) is 0 Å². The van der Waals surface area contributed by atoms with Crippen LogP contribution in [0, 0.1) is 0 Å². The van der Waals surface area contributed by atoms with Crippen LogP contribution in [0.1, 0.15) is 24.0 Å². The summed E-state index contributed by atoms with van der Waals surface area (Å²) in [6, 6.07) is 22.0. The van der Waals surface area contributed by atoms with E-state index in [2.05, 4.69) is 102 Å². The molecule has 5 nitrogen and oxygen atoms in total. The molecule has 0 aliphatic carbocycles. The molecule has 2 aromatic rings. The molecule has 6 heteroatoms. The van der Waals surface area contributed by atoms with E-state index < -0.39 is 0 Å². The van der Waals surface area contributed by atoms with Crippen molar-refractivity contribution in [2.75, 3.05) is 53.4 Å². The number of halogens is 1. The zero-order chi connectivity index (χ0) is 21.2. The second-order valence-electron chi connectivity index (χ2n) is 8.29. The maximum absolute atomic E-state index is 4.98. The van der Waals surface area contributed by atoms with Gasteiger partial charge in [-0.25, -0.2) is 0 Å². The van der Waals surface area contributed by atoms with Crippen LogP contribution in [0.3, 0.4) is 0 Å². The molecular weight excluding hydrogens is 497 g/mol. The third kappa shape index (κ3) is 8.43. The molecule has 0 aromatic heterocycles. The molecule has 0 bridgehead atoms. The number of guanidine groups is 1. The van der Waals surface area contributed by atoms with Crippen molar-refractivity contribution in [3.05, 3.63) is 71.8 Å². The zero-order valence-corrected chi connectivity index (χ0v) is 21.5. The lowest BCUT2D eigenvalue weighted by atomic mass is 9.92. The Kier molecular flexibility index (Phi) is 11.3. The van der Waals surface area contributed by atoms with Gasteiger partial charge in [0.25, 0.3) is 0 Å². The molecule has 1 heterocycles. The number of piperazine rings is 1. The minimum absolute atomic E-state index is 0. The van der Waals surface area contributed by atoms with E-state index in [-0.39, 0.29) is 24.0 Å². The molecule has 0 spiro atoms. The van der Waals surface area contributed by atoms with Gasteiger partial charge in [0.1, 0.15) is 0 Å². The van der Waals surface area contributed by atoms with Gasteiger partial charge in [-0.2, -0.15) is 0 Å². The van der Waals surface area contributed by atoms with Gasteiger partial charge >= 0.3 is 0 Å². The lowest BCUT2D eigenvalue weighted by Crippen LogP contribution is -2.55. The summed E-state index contributed by atoms with van der Waals surface area (Å²) in [5.74, 6) is 1.26. The molecule has 1 aliphatic rings. The average molecular weight is 536 g/mol. The third-order valence-electron chi connectivity index (χ3n) is 5.90. The summed E-state index contributed by atoms with van der Waals surface area (Å²) in [4.78, 5) is 9.82. The standard InChI is InChI=1S/C25H37N5.HI/c1-4-26-25(28-19-24-20-29(2)15-16-30(24)3)27-18-23(22-13-9-6-10-14-22)17-21-11-7-5-8-12-21;/h5-14,23-24H,4,15-20H2,1-3H3,(H2,26,27,28);1H. The predicted molar refractivity (Wildman–Crippen MR) is 143 cm³/mol. The molecule has 1 aliphatic heterocycles. The van der Waals surface area contributed by atoms with E-state index in [0.717, 1.165) is 51.6 Å². The molecule has 2 aromatic carbocycles. The van der Waals surface area contributed by atoms with Crippen LogP contribution in [0.25, 0.3) is 0 Å². The number of hydrogen-bond donors (Lipinski definition) is 2. The molecule has 2 N–H and O–H groups in total. The highest BCUT2D eigenvalue weighted by Gasteiger charge is 2.22. The van der Waals surface area contributed by atoms with Crippen LogP contribution < -0.4 is 10.6 Å². The molecular formula is C25H38IN5. The van der Waals surface area contributed by atoms with Crippen molar-refractivity contribution >= 4 is 29.9 Å². The Balaban J connectivity index is 0.00000341. The average Bonchev–Trinajstić information content (AvgIpc) is 2.78. The smallest absolute Gasteiger partial charge is 0.191 e. The Morgan fingerprint density at radius 2 is 1.68 bits per heavy atom. The number of likely N-dealkylation sites (N-methyl/N-ethyl adjacent to an activating group) is 2. The van der Waals surface area contributed by atoms with Gasteiger partial charge in [-0.1, -0.05) is 60.7 Å². The number of nitrogens with one attached hydrogen (secondary N) is 2. The fraction of sp³-hybridized carbons (Fsp3) is 0.480. The largest absolute Gasteiger partial charge is 0.357 e. The van der Waals surface area contributed by atoms with Gasteiger partial charge in [-0.3, -0.25) is 9.89 Å². The molecule has 2 atom stereocenters. The van der Waals surface area contributed by atoms with Gasteiger partial charge in [0, 0.05) is 51.2 Å². The predicted octanol–water partition coefficient (Wildman–Crippen LogP) is 3.43. The summed E-state index contributed by atoms with van der Waals surface area (Å²) in [5, 5.41) is 7.01. The molecule has 0 saturated carbocycles.